The van der Waals surface area contributed by atoms with E-state index in [9.17, 15) is 9.90 Å². The van der Waals surface area contributed by atoms with Crippen molar-refractivity contribution in [3.05, 3.63) is 143 Å². The minimum atomic E-state index is -1.41. The predicted octanol–water partition coefficient (Wildman–Crippen LogP) is 5.92. The lowest BCUT2D eigenvalue weighted by Gasteiger charge is -2.35. The van der Waals surface area contributed by atoms with Crippen LogP contribution in [-0.2, 0) is 12.1 Å². The molecule has 4 aromatic rings. The average Bonchev–Trinajstić information content (AvgIpc) is 2.85. The summed E-state index contributed by atoms with van der Waals surface area (Å²) in [6, 6.07) is 35.5. The van der Waals surface area contributed by atoms with Crippen LogP contribution in [0.25, 0.3) is 0 Å². The zero-order chi connectivity index (χ0) is 22.4. The summed E-state index contributed by atoms with van der Waals surface area (Å²) in [5.41, 5.74) is 1.54. The lowest BCUT2D eigenvalue weighted by molar-refractivity contribution is 0.0275. The van der Waals surface area contributed by atoms with Crippen LogP contribution in [0.2, 0.25) is 5.02 Å². The predicted molar refractivity (Wildman–Crippen MR) is 129 cm³/mol. The fourth-order valence-corrected chi connectivity index (χ4v) is 3.96. The van der Waals surface area contributed by atoms with Gasteiger partial charge in [-0.25, -0.2) is 0 Å². The van der Waals surface area contributed by atoms with Gasteiger partial charge in [-0.2, -0.15) is 0 Å². The van der Waals surface area contributed by atoms with Crippen molar-refractivity contribution in [2.75, 3.05) is 6.54 Å². The molecule has 1 N–H and O–H groups in total. The summed E-state index contributed by atoms with van der Waals surface area (Å²) in [6.07, 6.45) is 0. The van der Waals surface area contributed by atoms with Crippen molar-refractivity contribution in [3.63, 3.8) is 0 Å². The highest BCUT2D eigenvalue weighted by molar-refractivity contribution is 6.30. The number of rotatable bonds is 7. The van der Waals surface area contributed by atoms with Crippen LogP contribution in [-0.4, -0.2) is 22.5 Å². The SMILES string of the molecule is O=C(c1ccccc1)N(Cc1ccccc1)C[C@](O)(c1ccccc1)c1ccc(Cl)cc1. The third-order valence-electron chi connectivity index (χ3n) is 5.52. The van der Waals surface area contributed by atoms with Crippen LogP contribution >= 0.6 is 11.6 Å². The van der Waals surface area contributed by atoms with Crippen molar-refractivity contribution in [2.45, 2.75) is 12.1 Å². The van der Waals surface area contributed by atoms with Gasteiger partial charge >= 0.3 is 0 Å². The molecule has 4 rings (SSSR count). The number of aliphatic hydroxyl groups is 1. The summed E-state index contributed by atoms with van der Waals surface area (Å²) in [7, 11) is 0. The first-order valence-electron chi connectivity index (χ1n) is 10.5. The van der Waals surface area contributed by atoms with Gasteiger partial charge in [0.05, 0.1) is 6.54 Å². The summed E-state index contributed by atoms with van der Waals surface area (Å²) in [5, 5.41) is 12.6. The van der Waals surface area contributed by atoms with Gasteiger partial charge in [-0.1, -0.05) is 103 Å². The number of nitrogens with zero attached hydrogens (tertiary/aromatic N) is 1. The van der Waals surface area contributed by atoms with Crippen LogP contribution in [0, 0.1) is 0 Å². The lowest BCUT2D eigenvalue weighted by Crippen LogP contribution is -2.44. The summed E-state index contributed by atoms with van der Waals surface area (Å²) in [5.74, 6) is -0.141. The number of hydrogen-bond acceptors (Lipinski definition) is 2. The Morgan fingerprint density at radius 2 is 1.22 bits per heavy atom. The van der Waals surface area contributed by atoms with Gasteiger partial charge in [0.1, 0.15) is 5.60 Å². The van der Waals surface area contributed by atoms with Crippen molar-refractivity contribution in [1.29, 1.82) is 0 Å². The molecule has 0 bridgehead atoms. The molecule has 0 saturated carbocycles. The number of carbonyl (C=O) groups excluding carboxylic acids is 1. The van der Waals surface area contributed by atoms with E-state index < -0.39 is 5.60 Å². The van der Waals surface area contributed by atoms with E-state index in [0.717, 1.165) is 5.56 Å². The molecule has 0 heterocycles. The Morgan fingerprint density at radius 3 is 1.81 bits per heavy atom. The summed E-state index contributed by atoms with van der Waals surface area (Å²) < 4.78 is 0. The Balaban J connectivity index is 1.77. The van der Waals surface area contributed by atoms with Crippen LogP contribution in [0.4, 0.5) is 0 Å². The number of halogens is 1. The second-order valence-electron chi connectivity index (χ2n) is 7.75. The zero-order valence-electron chi connectivity index (χ0n) is 17.6. The van der Waals surface area contributed by atoms with Crippen LogP contribution < -0.4 is 0 Å². The molecule has 32 heavy (non-hydrogen) atoms. The van der Waals surface area contributed by atoms with Crippen LogP contribution in [0.15, 0.2) is 115 Å². The first-order valence-corrected chi connectivity index (χ1v) is 10.9. The molecule has 4 aromatic carbocycles. The fraction of sp³-hybridized carbons (Fsp3) is 0.107. The van der Waals surface area contributed by atoms with Crippen molar-refractivity contribution < 1.29 is 9.90 Å². The molecule has 0 saturated heterocycles. The molecule has 1 amide bonds. The highest BCUT2D eigenvalue weighted by Crippen LogP contribution is 2.32. The molecule has 0 aliphatic carbocycles. The molecule has 0 aromatic heterocycles. The van der Waals surface area contributed by atoms with Crippen LogP contribution in [0.1, 0.15) is 27.0 Å². The van der Waals surface area contributed by atoms with E-state index in [1.165, 1.54) is 0 Å². The van der Waals surface area contributed by atoms with E-state index in [1.54, 1.807) is 29.2 Å². The molecule has 4 heteroatoms. The fourth-order valence-electron chi connectivity index (χ4n) is 3.83. The van der Waals surface area contributed by atoms with Gasteiger partial charge < -0.3 is 10.0 Å². The van der Waals surface area contributed by atoms with E-state index in [0.29, 0.717) is 28.3 Å². The number of benzene rings is 4. The smallest absolute Gasteiger partial charge is 0.254 e. The van der Waals surface area contributed by atoms with Crippen molar-refractivity contribution in [2.24, 2.45) is 0 Å². The van der Waals surface area contributed by atoms with Crippen molar-refractivity contribution in [3.8, 4) is 0 Å². The molecule has 0 spiro atoms. The molecule has 0 radical (unpaired) electrons. The van der Waals surface area contributed by atoms with Gasteiger partial charge in [0.15, 0.2) is 0 Å². The number of hydrogen-bond donors (Lipinski definition) is 1. The molecule has 0 aliphatic heterocycles. The largest absolute Gasteiger partial charge is 0.379 e. The molecule has 3 nitrogen and oxygen atoms in total. The van der Waals surface area contributed by atoms with Crippen LogP contribution in [0.3, 0.4) is 0 Å². The third kappa shape index (κ3) is 4.91. The Bertz CT molecular complexity index is 1150. The minimum absolute atomic E-state index is 0.0846. The highest BCUT2D eigenvalue weighted by atomic mass is 35.5. The Kier molecular flexibility index (Phi) is 6.69. The molecule has 1 atom stereocenters. The van der Waals surface area contributed by atoms with Gasteiger partial charge in [0.2, 0.25) is 0 Å². The van der Waals surface area contributed by atoms with Gasteiger partial charge in [-0.05, 0) is 41.0 Å². The topological polar surface area (TPSA) is 40.5 Å². The molecule has 160 valence electrons. The maximum absolute atomic E-state index is 13.5. The molecular formula is C28H24ClNO2. The molecule has 0 aliphatic rings. The first kappa shape index (κ1) is 21.8. The third-order valence-corrected chi connectivity index (χ3v) is 5.77. The molecule has 0 unspecified atom stereocenters. The second kappa shape index (κ2) is 9.82. The van der Waals surface area contributed by atoms with Gasteiger partial charge in [-0.15, -0.1) is 0 Å². The van der Waals surface area contributed by atoms with Crippen LogP contribution in [0.5, 0.6) is 0 Å². The standard InChI is InChI=1S/C28H24ClNO2/c29-26-18-16-25(17-19-26)28(32,24-14-8-3-9-15-24)21-30(20-22-10-4-1-5-11-22)27(31)23-12-6-2-7-13-23/h1-19,32H,20-21H2/t28-/m0/s1. The van der Waals surface area contributed by atoms with E-state index >= 15 is 0 Å². The number of amides is 1. The van der Waals surface area contributed by atoms with Gasteiger partial charge in [0.25, 0.3) is 5.91 Å². The average molecular weight is 442 g/mol. The second-order valence-corrected chi connectivity index (χ2v) is 8.18. The lowest BCUT2D eigenvalue weighted by atomic mass is 9.85. The van der Waals surface area contributed by atoms with Crippen molar-refractivity contribution in [1.82, 2.24) is 4.90 Å². The maximum atomic E-state index is 13.5. The Hall–Kier alpha value is -3.40. The normalized spacial score (nSPS) is 12.7. The maximum Gasteiger partial charge on any atom is 0.254 e. The summed E-state index contributed by atoms with van der Waals surface area (Å²) in [6.45, 7) is 0.457. The van der Waals surface area contributed by atoms with Gasteiger partial charge in [-0.3, -0.25) is 4.79 Å². The highest BCUT2D eigenvalue weighted by Gasteiger charge is 2.35. The first-order chi connectivity index (χ1) is 15.6. The minimum Gasteiger partial charge on any atom is -0.379 e. The number of carbonyl (C=O) groups is 1. The van der Waals surface area contributed by atoms with E-state index in [1.807, 2.05) is 91.0 Å². The Morgan fingerprint density at radius 1 is 0.719 bits per heavy atom. The van der Waals surface area contributed by atoms with E-state index in [4.69, 9.17) is 11.6 Å². The zero-order valence-corrected chi connectivity index (χ0v) is 18.3. The van der Waals surface area contributed by atoms with E-state index in [-0.39, 0.29) is 12.5 Å². The van der Waals surface area contributed by atoms with Gasteiger partial charge in [0, 0.05) is 17.1 Å². The quantitative estimate of drug-likeness (QED) is 0.386. The monoisotopic (exact) mass is 441 g/mol. The summed E-state index contributed by atoms with van der Waals surface area (Å²) >= 11 is 6.11. The van der Waals surface area contributed by atoms with Crippen molar-refractivity contribution >= 4 is 17.5 Å². The summed E-state index contributed by atoms with van der Waals surface area (Å²) in [4.78, 5) is 15.2. The Labute approximate surface area is 193 Å². The molecular weight excluding hydrogens is 418 g/mol. The molecule has 0 fully saturated rings. The van der Waals surface area contributed by atoms with E-state index in [2.05, 4.69) is 0 Å².